The van der Waals surface area contributed by atoms with Crippen molar-refractivity contribution in [1.82, 2.24) is 14.5 Å². The molecule has 0 aliphatic carbocycles. The van der Waals surface area contributed by atoms with E-state index in [0.717, 1.165) is 49.5 Å². The molecule has 0 bridgehead atoms. The number of benzene rings is 4. The standard InChI is InChI=1S/C35H28N3O2.Pt/c1-21-15-16-36-32(17-21)38-29-19-23-8-6-5-7-22(23)18-27(29)25-10-9-24(20-30(25)38)40-33-14-11-26-28(35(2,3)4)12-13-31(39)34(26)37-33;/h5-19,39H,1-4H3;/q-1;. The minimum Gasteiger partial charge on any atom is -0.506 e. The Kier molecular flexibility index (Phi) is 6.59. The first-order valence-corrected chi connectivity index (χ1v) is 13.4. The number of aromatic hydroxyl groups is 1. The van der Waals surface area contributed by atoms with Crippen molar-refractivity contribution in [2.24, 2.45) is 0 Å². The number of phenols is 1. The van der Waals surface area contributed by atoms with Crippen LogP contribution in [0, 0.1) is 13.0 Å². The van der Waals surface area contributed by atoms with E-state index in [1.165, 1.54) is 5.39 Å². The van der Waals surface area contributed by atoms with Crippen molar-refractivity contribution in [2.45, 2.75) is 33.1 Å². The first-order valence-electron chi connectivity index (χ1n) is 13.4. The molecule has 3 heterocycles. The number of ether oxygens (including phenoxy) is 1. The summed E-state index contributed by atoms with van der Waals surface area (Å²) < 4.78 is 8.40. The molecule has 0 amide bonds. The SMILES string of the molecule is Cc1ccnc(-n2c3[c-]c(Oc4ccc5c(C(C)(C)C)ccc(O)c5n4)ccc3c3cc4ccccc4cc32)c1.[Pt]. The maximum Gasteiger partial charge on any atom is 0.217 e. The second kappa shape index (κ2) is 10.0. The molecular weight excluding hydrogens is 689 g/mol. The molecule has 0 spiro atoms. The van der Waals surface area contributed by atoms with E-state index in [0.29, 0.717) is 17.1 Å². The van der Waals surface area contributed by atoms with Crippen molar-refractivity contribution >= 4 is 43.5 Å². The normalized spacial score (nSPS) is 11.8. The third-order valence-corrected chi connectivity index (χ3v) is 7.48. The van der Waals surface area contributed by atoms with E-state index in [4.69, 9.17) is 9.72 Å². The summed E-state index contributed by atoms with van der Waals surface area (Å²) in [6.07, 6.45) is 1.83. The Morgan fingerprint density at radius 1 is 0.829 bits per heavy atom. The molecule has 0 radical (unpaired) electrons. The molecule has 3 aromatic heterocycles. The van der Waals surface area contributed by atoms with E-state index in [9.17, 15) is 5.11 Å². The number of aryl methyl sites for hydroxylation is 1. The van der Waals surface area contributed by atoms with Crippen LogP contribution in [0.3, 0.4) is 0 Å². The maximum absolute atomic E-state index is 10.6. The summed E-state index contributed by atoms with van der Waals surface area (Å²) in [7, 11) is 0. The summed E-state index contributed by atoms with van der Waals surface area (Å²) in [5.41, 5.74) is 4.62. The van der Waals surface area contributed by atoms with Gasteiger partial charge in [0.05, 0.1) is 0 Å². The van der Waals surface area contributed by atoms with E-state index in [1.54, 1.807) is 6.07 Å². The number of hydrogen-bond donors (Lipinski definition) is 1. The summed E-state index contributed by atoms with van der Waals surface area (Å²) in [6, 6.07) is 31.9. The van der Waals surface area contributed by atoms with E-state index in [2.05, 4.69) is 91.8 Å². The maximum atomic E-state index is 10.6. The zero-order valence-electron chi connectivity index (χ0n) is 23.2. The van der Waals surface area contributed by atoms with Gasteiger partial charge in [-0.25, -0.2) is 9.97 Å². The van der Waals surface area contributed by atoms with Gasteiger partial charge in [-0.15, -0.1) is 17.5 Å². The molecular formula is C35H28N3O2Pt-. The number of aromatic nitrogens is 3. The van der Waals surface area contributed by atoms with Crippen LogP contribution < -0.4 is 4.74 Å². The van der Waals surface area contributed by atoms with E-state index in [-0.39, 0.29) is 32.2 Å². The van der Waals surface area contributed by atoms with E-state index in [1.807, 2.05) is 36.5 Å². The van der Waals surface area contributed by atoms with Crippen LogP contribution in [0.1, 0.15) is 31.9 Å². The molecule has 0 unspecified atom stereocenters. The van der Waals surface area contributed by atoms with Gasteiger partial charge in [0, 0.05) is 50.0 Å². The summed E-state index contributed by atoms with van der Waals surface area (Å²) >= 11 is 0. The quantitative estimate of drug-likeness (QED) is 0.186. The Morgan fingerprint density at radius 3 is 2.34 bits per heavy atom. The van der Waals surface area contributed by atoms with Gasteiger partial charge in [-0.05, 0) is 70.0 Å². The molecule has 41 heavy (non-hydrogen) atoms. The van der Waals surface area contributed by atoms with Crippen LogP contribution in [0.15, 0.2) is 91.1 Å². The number of nitrogens with zero attached hydrogens (tertiary/aromatic N) is 3. The van der Waals surface area contributed by atoms with Crippen LogP contribution in [0.5, 0.6) is 17.4 Å². The minimum atomic E-state index is -0.0864. The third kappa shape index (κ3) is 4.64. The summed E-state index contributed by atoms with van der Waals surface area (Å²) in [4.78, 5) is 9.39. The van der Waals surface area contributed by atoms with Crippen LogP contribution in [0.2, 0.25) is 0 Å². The molecule has 0 fully saturated rings. The Balaban J connectivity index is 0.00000302. The van der Waals surface area contributed by atoms with Crippen LogP contribution in [-0.2, 0) is 26.5 Å². The number of phenolic OH excluding ortho intramolecular Hbond substituents is 1. The summed E-state index contributed by atoms with van der Waals surface area (Å²) in [5.74, 6) is 1.89. The fourth-order valence-corrected chi connectivity index (χ4v) is 5.56. The minimum absolute atomic E-state index is 0. The van der Waals surface area contributed by atoms with Gasteiger partial charge < -0.3 is 14.4 Å². The molecule has 0 aliphatic heterocycles. The molecule has 7 aromatic rings. The Labute approximate surface area is 252 Å². The molecule has 1 N–H and O–H groups in total. The van der Waals surface area contributed by atoms with Gasteiger partial charge in [0.1, 0.15) is 17.1 Å². The smallest absolute Gasteiger partial charge is 0.217 e. The van der Waals surface area contributed by atoms with Crippen LogP contribution in [0.25, 0.3) is 49.3 Å². The Morgan fingerprint density at radius 2 is 1.59 bits per heavy atom. The zero-order chi connectivity index (χ0) is 27.6. The second-order valence-electron chi connectivity index (χ2n) is 11.4. The fraction of sp³-hybridized carbons (Fsp3) is 0.143. The monoisotopic (exact) mass is 717 g/mol. The Hall–Kier alpha value is -4.21. The molecule has 5 nitrogen and oxygen atoms in total. The van der Waals surface area contributed by atoms with Crippen molar-refractivity contribution in [3.63, 3.8) is 0 Å². The van der Waals surface area contributed by atoms with Gasteiger partial charge in [0.15, 0.2) is 0 Å². The molecule has 6 heteroatoms. The number of rotatable bonds is 3. The van der Waals surface area contributed by atoms with Gasteiger partial charge in [-0.2, -0.15) is 6.07 Å². The largest absolute Gasteiger partial charge is 0.506 e. The second-order valence-corrected chi connectivity index (χ2v) is 11.4. The topological polar surface area (TPSA) is 60.2 Å². The molecule has 4 aromatic carbocycles. The van der Waals surface area contributed by atoms with Gasteiger partial charge in [0.25, 0.3) is 0 Å². The van der Waals surface area contributed by atoms with Crippen molar-refractivity contribution in [2.75, 3.05) is 0 Å². The van der Waals surface area contributed by atoms with Gasteiger partial charge >= 0.3 is 0 Å². The third-order valence-electron chi connectivity index (χ3n) is 7.48. The van der Waals surface area contributed by atoms with Crippen LogP contribution in [0.4, 0.5) is 0 Å². The van der Waals surface area contributed by atoms with E-state index < -0.39 is 0 Å². The van der Waals surface area contributed by atoms with E-state index >= 15 is 0 Å². The predicted molar refractivity (Wildman–Crippen MR) is 162 cm³/mol. The predicted octanol–water partition coefficient (Wildman–Crippen LogP) is 8.78. The van der Waals surface area contributed by atoms with Gasteiger partial charge in [-0.3, -0.25) is 0 Å². The average Bonchev–Trinajstić information content (AvgIpc) is 3.24. The van der Waals surface area contributed by atoms with Gasteiger partial charge in [-0.1, -0.05) is 62.7 Å². The number of fused-ring (bicyclic) bond motifs is 5. The van der Waals surface area contributed by atoms with Crippen molar-refractivity contribution in [3.8, 4) is 23.2 Å². The summed E-state index contributed by atoms with van der Waals surface area (Å²) in [6.45, 7) is 8.52. The van der Waals surface area contributed by atoms with Crippen LogP contribution in [-0.4, -0.2) is 19.6 Å². The van der Waals surface area contributed by atoms with Crippen molar-refractivity contribution < 1.29 is 30.9 Å². The summed E-state index contributed by atoms with van der Waals surface area (Å²) in [5, 5.41) is 16.1. The van der Waals surface area contributed by atoms with Gasteiger partial charge in [0.2, 0.25) is 5.88 Å². The number of pyridine rings is 2. The molecule has 206 valence electrons. The molecule has 0 saturated carbocycles. The molecule has 0 aliphatic rings. The zero-order valence-corrected chi connectivity index (χ0v) is 25.4. The first kappa shape index (κ1) is 27.0. The molecule has 0 saturated heterocycles. The number of hydrogen-bond acceptors (Lipinski definition) is 4. The fourth-order valence-electron chi connectivity index (χ4n) is 5.56. The van der Waals surface area contributed by atoms with Crippen molar-refractivity contribution in [1.29, 1.82) is 0 Å². The van der Waals surface area contributed by atoms with Crippen LogP contribution >= 0.6 is 0 Å². The molecule has 7 rings (SSSR count). The first-order chi connectivity index (χ1) is 19.3. The molecule has 0 atom stereocenters. The average molecular weight is 718 g/mol. The van der Waals surface area contributed by atoms with Crippen molar-refractivity contribution in [3.05, 3.63) is 108 Å². The Bertz CT molecular complexity index is 2110.